The van der Waals surface area contributed by atoms with Crippen LogP contribution in [0.5, 0.6) is 23.0 Å². The smallest absolute Gasteiger partial charge is 0.300 e. The average Bonchev–Trinajstić information content (AvgIpc) is 3.19. The summed E-state index contributed by atoms with van der Waals surface area (Å²) in [5.41, 5.74) is 0.908. The molecule has 1 heterocycles. The van der Waals surface area contributed by atoms with E-state index in [2.05, 4.69) is 0 Å². The molecule has 0 aliphatic carbocycles. The standard InChI is InChI=1S/C29H28ClNO7/c1-5-37-18-12-13-20(30)19(16-18)27(32)25-26(17-11-14-23(36-4)24(15-17)38-6-2)31(29(34)28(25)33)21-9-7-8-10-22(21)35-3/h7-16,26,32H,5-6H2,1-4H3/b27-25+. The Morgan fingerprint density at radius 3 is 2.29 bits per heavy atom. The fourth-order valence-corrected chi connectivity index (χ4v) is 4.65. The number of aliphatic hydroxyl groups excluding tert-OH is 1. The Hall–Kier alpha value is -4.17. The number of amides is 1. The molecule has 1 atom stereocenters. The van der Waals surface area contributed by atoms with Gasteiger partial charge in [0.1, 0.15) is 17.3 Å². The number of methoxy groups -OCH3 is 2. The zero-order valence-electron chi connectivity index (χ0n) is 21.5. The zero-order valence-corrected chi connectivity index (χ0v) is 22.2. The number of carbonyl (C=O) groups excluding carboxylic acids is 2. The molecule has 1 aliphatic rings. The highest BCUT2D eigenvalue weighted by molar-refractivity contribution is 6.52. The molecule has 1 saturated heterocycles. The summed E-state index contributed by atoms with van der Waals surface area (Å²) in [5.74, 6) is -0.374. The van der Waals surface area contributed by atoms with E-state index < -0.39 is 23.5 Å². The second kappa shape index (κ2) is 11.5. The van der Waals surface area contributed by atoms with Crippen molar-refractivity contribution in [3.05, 3.63) is 82.4 Å². The number of anilines is 1. The van der Waals surface area contributed by atoms with Crippen molar-refractivity contribution < 1.29 is 33.6 Å². The largest absolute Gasteiger partial charge is 0.507 e. The van der Waals surface area contributed by atoms with Crippen LogP contribution in [0.3, 0.4) is 0 Å². The van der Waals surface area contributed by atoms with Crippen LogP contribution < -0.4 is 23.8 Å². The van der Waals surface area contributed by atoms with Gasteiger partial charge in [0.05, 0.1) is 49.8 Å². The quantitative estimate of drug-likeness (QED) is 0.210. The third kappa shape index (κ3) is 4.87. The number of benzene rings is 3. The number of nitrogens with zero attached hydrogens (tertiary/aromatic N) is 1. The summed E-state index contributed by atoms with van der Waals surface area (Å²) >= 11 is 6.44. The normalized spacial score (nSPS) is 16.4. The fourth-order valence-electron chi connectivity index (χ4n) is 4.44. The molecule has 3 aromatic rings. The van der Waals surface area contributed by atoms with Crippen molar-refractivity contribution in [3.63, 3.8) is 0 Å². The van der Waals surface area contributed by atoms with Crippen molar-refractivity contribution in [2.24, 2.45) is 0 Å². The Balaban J connectivity index is 2.01. The molecule has 0 saturated carbocycles. The molecule has 0 spiro atoms. The molecule has 198 valence electrons. The number of hydrogen-bond donors (Lipinski definition) is 1. The maximum Gasteiger partial charge on any atom is 0.300 e. The molecule has 1 amide bonds. The highest BCUT2D eigenvalue weighted by Crippen LogP contribution is 2.47. The van der Waals surface area contributed by atoms with Crippen LogP contribution in [0.15, 0.2) is 66.2 Å². The average molecular weight is 538 g/mol. The third-order valence-electron chi connectivity index (χ3n) is 6.10. The van der Waals surface area contributed by atoms with Gasteiger partial charge >= 0.3 is 0 Å². The van der Waals surface area contributed by atoms with Gasteiger partial charge in [0.15, 0.2) is 11.5 Å². The molecular weight excluding hydrogens is 510 g/mol. The number of halogens is 1. The van der Waals surface area contributed by atoms with E-state index in [-0.39, 0.29) is 16.2 Å². The first-order valence-corrected chi connectivity index (χ1v) is 12.4. The number of Topliss-reactive ketones (excluding diaryl/α,β-unsaturated/α-hetero) is 1. The van der Waals surface area contributed by atoms with Crippen LogP contribution in [-0.4, -0.2) is 44.2 Å². The summed E-state index contributed by atoms with van der Waals surface area (Å²) in [5, 5.41) is 11.7. The first-order chi connectivity index (χ1) is 18.4. The van der Waals surface area contributed by atoms with E-state index in [1.54, 1.807) is 54.6 Å². The number of ether oxygens (including phenoxy) is 4. The van der Waals surface area contributed by atoms with Gasteiger partial charge in [-0.2, -0.15) is 0 Å². The van der Waals surface area contributed by atoms with Crippen molar-refractivity contribution in [1.29, 1.82) is 0 Å². The molecular formula is C29H28ClNO7. The van der Waals surface area contributed by atoms with Crippen molar-refractivity contribution >= 4 is 34.7 Å². The summed E-state index contributed by atoms with van der Waals surface area (Å²) < 4.78 is 22.2. The van der Waals surface area contributed by atoms with Gasteiger partial charge < -0.3 is 24.1 Å². The van der Waals surface area contributed by atoms with Gasteiger partial charge in [0, 0.05) is 5.56 Å². The minimum Gasteiger partial charge on any atom is -0.507 e. The zero-order chi connectivity index (χ0) is 27.4. The topological polar surface area (TPSA) is 94.5 Å². The Bertz CT molecular complexity index is 1400. The first kappa shape index (κ1) is 26.9. The van der Waals surface area contributed by atoms with Crippen LogP contribution >= 0.6 is 11.6 Å². The van der Waals surface area contributed by atoms with E-state index in [0.29, 0.717) is 47.5 Å². The van der Waals surface area contributed by atoms with Gasteiger partial charge in [0.25, 0.3) is 11.7 Å². The molecule has 0 bridgehead atoms. The molecule has 8 nitrogen and oxygen atoms in total. The van der Waals surface area contributed by atoms with Gasteiger partial charge in [-0.05, 0) is 61.9 Å². The predicted molar refractivity (Wildman–Crippen MR) is 145 cm³/mol. The lowest BCUT2D eigenvalue weighted by atomic mass is 9.94. The van der Waals surface area contributed by atoms with Crippen LogP contribution in [0, 0.1) is 0 Å². The van der Waals surface area contributed by atoms with Crippen molar-refractivity contribution in [1.82, 2.24) is 0 Å². The number of carbonyl (C=O) groups is 2. The SMILES string of the molecule is CCOc1ccc(Cl)c(/C(O)=C2\C(=O)C(=O)N(c3ccccc3OC)C2c2ccc(OC)c(OCC)c2)c1. The van der Waals surface area contributed by atoms with Crippen LogP contribution in [0.4, 0.5) is 5.69 Å². The second-order valence-electron chi connectivity index (χ2n) is 8.26. The minimum absolute atomic E-state index is 0.135. The van der Waals surface area contributed by atoms with Crippen LogP contribution in [0.1, 0.15) is 31.0 Å². The highest BCUT2D eigenvalue weighted by Gasteiger charge is 2.48. The summed E-state index contributed by atoms with van der Waals surface area (Å²) in [4.78, 5) is 28.4. The van der Waals surface area contributed by atoms with Gasteiger partial charge in [-0.3, -0.25) is 14.5 Å². The summed E-state index contributed by atoms with van der Waals surface area (Å²) in [7, 11) is 3.00. The number of aliphatic hydroxyl groups is 1. The minimum atomic E-state index is -1.02. The van der Waals surface area contributed by atoms with E-state index >= 15 is 0 Å². The van der Waals surface area contributed by atoms with Gasteiger partial charge in [-0.1, -0.05) is 29.8 Å². The Kier molecular flexibility index (Phi) is 8.12. The van der Waals surface area contributed by atoms with Crippen molar-refractivity contribution in [2.75, 3.05) is 32.3 Å². The van der Waals surface area contributed by atoms with E-state index in [0.717, 1.165) is 0 Å². The summed E-state index contributed by atoms with van der Waals surface area (Å²) in [6.45, 7) is 4.42. The van der Waals surface area contributed by atoms with Gasteiger partial charge in [-0.15, -0.1) is 0 Å². The van der Waals surface area contributed by atoms with E-state index in [1.165, 1.54) is 25.2 Å². The maximum atomic E-state index is 13.6. The Labute approximate surface area is 225 Å². The molecule has 1 fully saturated rings. The predicted octanol–water partition coefficient (Wildman–Crippen LogP) is 5.78. The van der Waals surface area contributed by atoms with Crippen LogP contribution in [0.25, 0.3) is 5.76 Å². The molecule has 1 aliphatic heterocycles. The second-order valence-corrected chi connectivity index (χ2v) is 8.67. The number of para-hydroxylation sites is 2. The maximum absolute atomic E-state index is 13.6. The Morgan fingerprint density at radius 1 is 0.895 bits per heavy atom. The first-order valence-electron chi connectivity index (χ1n) is 12.0. The monoisotopic (exact) mass is 537 g/mol. The Morgan fingerprint density at radius 2 is 1.61 bits per heavy atom. The molecule has 1 N–H and O–H groups in total. The van der Waals surface area contributed by atoms with Crippen LogP contribution in [-0.2, 0) is 9.59 Å². The van der Waals surface area contributed by atoms with Crippen molar-refractivity contribution in [3.8, 4) is 23.0 Å². The molecule has 9 heteroatoms. The number of hydrogen-bond acceptors (Lipinski definition) is 7. The third-order valence-corrected chi connectivity index (χ3v) is 6.43. The lowest BCUT2D eigenvalue weighted by Crippen LogP contribution is -2.29. The summed E-state index contributed by atoms with van der Waals surface area (Å²) in [6, 6.07) is 15.7. The van der Waals surface area contributed by atoms with Gasteiger partial charge in [-0.25, -0.2) is 0 Å². The van der Waals surface area contributed by atoms with E-state index in [9.17, 15) is 14.7 Å². The molecule has 3 aromatic carbocycles. The lowest BCUT2D eigenvalue weighted by molar-refractivity contribution is -0.132. The van der Waals surface area contributed by atoms with Crippen LogP contribution in [0.2, 0.25) is 5.02 Å². The van der Waals surface area contributed by atoms with Crippen molar-refractivity contribution in [2.45, 2.75) is 19.9 Å². The molecule has 38 heavy (non-hydrogen) atoms. The molecule has 0 aromatic heterocycles. The summed E-state index contributed by atoms with van der Waals surface area (Å²) in [6.07, 6.45) is 0. The molecule has 4 rings (SSSR count). The fraction of sp³-hybridized carbons (Fsp3) is 0.241. The van der Waals surface area contributed by atoms with E-state index in [4.69, 9.17) is 30.5 Å². The number of rotatable bonds is 9. The molecule has 0 radical (unpaired) electrons. The lowest BCUT2D eigenvalue weighted by Gasteiger charge is -2.27. The highest BCUT2D eigenvalue weighted by atomic mass is 35.5. The van der Waals surface area contributed by atoms with E-state index in [1.807, 2.05) is 13.8 Å². The number of ketones is 1. The molecule has 1 unspecified atom stereocenters. The van der Waals surface area contributed by atoms with Gasteiger partial charge in [0.2, 0.25) is 0 Å².